The average molecular weight is 288 g/mol. The number of aliphatic hydroxyl groups is 1. The summed E-state index contributed by atoms with van der Waals surface area (Å²) in [6.07, 6.45) is 0.418. The van der Waals surface area contributed by atoms with Gasteiger partial charge in [0, 0.05) is 17.8 Å². The van der Waals surface area contributed by atoms with Gasteiger partial charge in [0.05, 0.1) is 0 Å². The Morgan fingerprint density at radius 2 is 1.95 bits per heavy atom. The SMILES string of the molecule is CC(C)(CCO)NC(=O)Nc1ccc(OC(F)F)cc1. The Balaban J connectivity index is 2.54. The molecule has 0 radical (unpaired) electrons. The normalized spacial score (nSPS) is 11.3. The van der Waals surface area contributed by atoms with Gasteiger partial charge in [-0.25, -0.2) is 4.79 Å². The molecule has 0 aliphatic heterocycles. The fraction of sp³-hybridized carbons (Fsp3) is 0.462. The quantitative estimate of drug-likeness (QED) is 0.753. The minimum atomic E-state index is -2.88. The predicted molar refractivity (Wildman–Crippen MR) is 71.0 cm³/mol. The van der Waals surface area contributed by atoms with Crippen LogP contribution in [0.3, 0.4) is 0 Å². The largest absolute Gasteiger partial charge is 0.435 e. The van der Waals surface area contributed by atoms with Crippen LogP contribution < -0.4 is 15.4 Å². The van der Waals surface area contributed by atoms with Gasteiger partial charge in [-0.1, -0.05) is 0 Å². The summed E-state index contributed by atoms with van der Waals surface area (Å²) in [5, 5.41) is 14.1. The van der Waals surface area contributed by atoms with E-state index in [1.165, 1.54) is 24.3 Å². The first-order valence-corrected chi connectivity index (χ1v) is 6.07. The van der Waals surface area contributed by atoms with Crippen LogP contribution in [0.5, 0.6) is 5.75 Å². The van der Waals surface area contributed by atoms with Crippen molar-refractivity contribution in [1.29, 1.82) is 0 Å². The van der Waals surface area contributed by atoms with E-state index >= 15 is 0 Å². The van der Waals surface area contributed by atoms with Crippen LogP contribution in [-0.2, 0) is 0 Å². The van der Waals surface area contributed by atoms with Crippen LogP contribution in [0, 0.1) is 0 Å². The number of hydrogen-bond acceptors (Lipinski definition) is 3. The van der Waals surface area contributed by atoms with Crippen molar-refractivity contribution in [2.45, 2.75) is 32.4 Å². The van der Waals surface area contributed by atoms with Crippen LogP contribution in [0.25, 0.3) is 0 Å². The van der Waals surface area contributed by atoms with Gasteiger partial charge in [-0.05, 0) is 44.5 Å². The van der Waals surface area contributed by atoms with Crippen molar-refractivity contribution in [1.82, 2.24) is 5.32 Å². The van der Waals surface area contributed by atoms with Crippen LogP contribution in [0.4, 0.5) is 19.3 Å². The summed E-state index contributed by atoms with van der Waals surface area (Å²) in [6, 6.07) is 5.14. The van der Waals surface area contributed by atoms with Crippen LogP contribution in [0.15, 0.2) is 24.3 Å². The first-order chi connectivity index (χ1) is 9.32. The summed E-state index contributed by atoms with van der Waals surface area (Å²) in [5.41, 5.74) is -0.0960. The number of alkyl halides is 2. The van der Waals surface area contributed by atoms with E-state index in [-0.39, 0.29) is 12.4 Å². The standard InChI is InChI=1S/C13H18F2N2O3/c1-13(2,7-8-18)17-12(19)16-9-3-5-10(6-4-9)20-11(14)15/h3-6,11,18H,7-8H2,1-2H3,(H2,16,17,19). The third-order valence-electron chi connectivity index (χ3n) is 2.53. The van der Waals surface area contributed by atoms with Crippen molar-refractivity contribution in [3.8, 4) is 5.75 Å². The predicted octanol–water partition coefficient (Wildman–Crippen LogP) is 2.57. The molecule has 0 aliphatic rings. The van der Waals surface area contributed by atoms with Gasteiger partial charge < -0.3 is 20.5 Å². The van der Waals surface area contributed by atoms with E-state index in [0.717, 1.165) is 0 Å². The van der Waals surface area contributed by atoms with Crippen molar-refractivity contribution >= 4 is 11.7 Å². The van der Waals surface area contributed by atoms with E-state index in [9.17, 15) is 13.6 Å². The molecule has 1 rings (SSSR count). The first-order valence-electron chi connectivity index (χ1n) is 6.07. The highest BCUT2D eigenvalue weighted by molar-refractivity contribution is 5.89. The molecule has 5 nitrogen and oxygen atoms in total. The van der Waals surface area contributed by atoms with Crippen LogP contribution >= 0.6 is 0 Å². The molecule has 0 heterocycles. The third kappa shape index (κ3) is 5.83. The zero-order valence-corrected chi connectivity index (χ0v) is 11.3. The number of halogens is 2. The number of benzene rings is 1. The lowest BCUT2D eigenvalue weighted by atomic mass is 10.0. The molecule has 0 spiro atoms. The molecule has 0 aliphatic carbocycles. The number of hydrogen-bond donors (Lipinski definition) is 3. The molecular formula is C13H18F2N2O3. The molecule has 7 heteroatoms. The number of amides is 2. The van der Waals surface area contributed by atoms with Crippen molar-refractivity contribution in [3.05, 3.63) is 24.3 Å². The van der Waals surface area contributed by atoms with Gasteiger partial charge in [-0.2, -0.15) is 8.78 Å². The van der Waals surface area contributed by atoms with Crippen molar-refractivity contribution in [2.24, 2.45) is 0 Å². The molecule has 0 aromatic heterocycles. The van der Waals surface area contributed by atoms with Crippen LogP contribution in [0.2, 0.25) is 0 Å². The summed E-state index contributed by atoms with van der Waals surface area (Å²) < 4.78 is 28.1. The summed E-state index contributed by atoms with van der Waals surface area (Å²) in [5.74, 6) is 0.0200. The van der Waals surface area contributed by atoms with Gasteiger partial charge >= 0.3 is 12.6 Å². The number of rotatable bonds is 6. The lowest BCUT2D eigenvalue weighted by molar-refractivity contribution is -0.0498. The van der Waals surface area contributed by atoms with E-state index < -0.39 is 18.2 Å². The van der Waals surface area contributed by atoms with E-state index in [2.05, 4.69) is 15.4 Å². The fourth-order valence-corrected chi connectivity index (χ4v) is 1.53. The highest BCUT2D eigenvalue weighted by Crippen LogP contribution is 2.18. The molecule has 0 atom stereocenters. The number of urea groups is 1. The number of aliphatic hydroxyl groups excluding tert-OH is 1. The van der Waals surface area contributed by atoms with E-state index in [1.54, 1.807) is 13.8 Å². The maximum atomic E-state index is 12.0. The van der Waals surface area contributed by atoms with Gasteiger partial charge in [-0.15, -0.1) is 0 Å². The number of ether oxygens (including phenoxy) is 1. The van der Waals surface area contributed by atoms with Crippen LogP contribution in [0.1, 0.15) is 20.3 Å². The first kappa shape index (κ1) is 16.2. The molecule has 20 heavy (non-hydrogen) atoms. The summed E-state index contributed by atoms with van der Waals surface area (Å²) in [7, 11) is 0. The third-order valence-corrected chi connectivity index (χ3v) is 2.53. The molecule has 2 amide bonds. The molecule has 0 saturated carbocycles. The molecule has 1 aromatic carbocycles. The van der Waals surface area contributed by atoms with E-state index in [4.69, 9.17) is 5.11 Å². The number of carbonyl (C=O) groups excluding carboxylic acids is 1. The molecule has 0 bridgehead atoms. The second-order valence-corrected chi connectivity index (χ2v) is 4.84. The minimum absolute atomic E-state index is 0.0200. The zero-order valence-electron chi connectivity index (χ0n) is 11.3. The van der Waals surface area contributed by atoms with Gasteiger partial charge in [0.15, 0.2) is 0 Å². The monoisotopic (exact) mass is 288 g/mol. The molecule has 1 aromatic rings. The number of nitrogens with one attached hydrogen (secondary N) is 2. The topological polar surface area (TPSA) is 70.6 Å². The minimum Gasteiger partial charge on any atom is -0.435 e. The Kier molecular flexibility index (Phi) is 5.69. The number of carbonyl (C=O) groups is 1. The Hall–Kier alpha value is -1.89. The van der Waals surface area contributed by atoms with Gasteiger partial charge in [-0.3, -0.25) is 0 Å². The zero-order chi connectivity index (χ0) is 15.2. The van der Waals surface area contributed by atoms with E-state index in [0.29, 0.717) is 12.1 Å². The molecule has 112 valence electrons. The van der Waals surface area contributed by atoms with E-state index in [1.807, 2.05) is 0 Å². The number of anilines is 1. The summed E-state index contributed by atoms with van der Waals surface area (Å²) in [6.45, 7) is 0.647. The van der Waals surface area contributed by atoms with Crippen molar-refractivity contribution in [3.63, 3.8) is 0 Å². The summed E-state index contributed by atoms with van der Waals surface area (Å²) >= 11 is 0. The Morgan fingerprint density at radius 1 is 1.35 bits per heavy atom. The average Bonchev–Trinajstić information content (AvgIpc) is 2.29. The second-order valence-electron chi connectivity index (χ2n) is 4.84. The highest BCUT2D eigenvalue weighted by atomic mass is 19.3. The highest BCUT2D eigenvalue weighted by Gasteiger charge is 2.19. The Morgan fingerprint density at radius 3 is 2.45 bits per heavy atom. The Bertz CT molecular complexity index is 436. The lowest BCUT2D eigenvalue weighted by Gasteiger charge is -2.25. The molecular weight excluding hydrogens is 270 g/mol. The Labute approximate surface area is 115 Å². The summed E-state index contributed by atoms with van der Waals surface area (Å²) in [4.78, 5) is 11.7. The maximum absolute atomic E-state index is 12.0. The molecule has 0 fully saturated rings. The fourth-order valence-electron chi connectivity index (χ4n) is 1.53. The van der Waals surface area contributed by atoms with Gasteiger partial charge in [0.1, 0.15) is 5.75 Å². The van der Waals surface area contributed by atoms with Crippen molar-refractivity contribution < 1.29 is 23.4 Å². The smallest absolute Gasteiger partial charge is 0.387 e. The lowest BCUT2D eigenvalue weighted by Crippen LogP contribution is -2.46. The molecule has 0 unspecified atom stereocenters. The van der Waals surface area contributed by atoms with Gasteiger partial charge in [0.25, 0.3) is 0 Å². The molecule has 0 saturated heterocycles. The van der Waals surface area contributed by atoms with Crippen LogP contribution in [-0.4, -0.2) is 29.9 Å². The van der Waals surface area contributed by atoms with Crippen molar-refractivity contribution in [2.75, 3.05) is 11.9 Å². The second kappa shape index (κ2) is 7.04. The maximum Gasteiger partial charge on any atom is 0.387 e. The van der Waals surface area contributed by atoms with Gasteiger partial charge in [0.2, 0.25) is 0 Å². The molecule has 3 N–H and O–H groups in total.